The molecule has 0 fully saturated rings. The summed E-state index contributed by atoms with van der Waals surface area (Å²) in [6.07, 6.45) is 1.45. The molecule has 0 aliphatic rings. The number of anilines is 3. The molecule has 26 heavy (non-hydrogen) atoms. The summed E-state index contributed by atoms with van der Waals surface area (Å²) in [6, 6.07) is 13.7. The van der Waals surface area contributed by atoms with Crippen molar-refractivity contribution < 1.29 is 13.2 Å². The number of benzene rings is 1. The minimum absolute atomic E-state index is 0.00671. The molecule has 2 N–H and O–H groups in total. The molecule has 3 aromatic rings. The fourth-order valence-corrected chi connectivity index (χ4v) is 4.55. The van der Waals surface area contributed by atoms with Crippen LogP contribution in [0, 0.1) is 6.92 Å². The molecule has 0 atom stereocenters. The number of nitrogens with zero attached hydrogens (tertiary/aromatic N) is 1. The second-order valence-electron chi connectivity index (χ2n) is 5.66. The van der Waals surface area contributed by atoms with Gasteiger partial charge in [0.05, 0.1) is 11.9 Å². The standard InChI is InChI=1S/C18H17N3O3S2/c1-12-3-10-18(25-12)26(23,24)21-16-8-9-17(19-11-16)20-15-6-4-14(5-7-15)13(2)22/h3-11,21H,1-2H3,(H,19,20). The molecule has 0 radical (unpaired) electrons. The second-order valence-corrected chi connectivity index (χ2v) is 8.86. The van der Waals surface area contributed by atoms with Gasteiger partial charge >= 0.3 is 0 Å². The summed E-state index contributed by atoms with van der Waals surface area (Å²) >= 11 is 1.21. The number of carbonyl (C=O) groups excluding carboxylic acids is 1. The Morgan fingerprint density at radius 2 is 1.69 bits per heavy atom. The molecule has 0 saturated carbocycles. The molecule has 0 spiro atoms. The lowest BCUT2D eigenvalue weighted by atomic mass is 10.1. The van der Waals surface area contributed by atoms with E-state index in [0.717, 1.165) is 10.6 Å². The number of Topliss-reactive ketones (excluding diaryl/α,β-unsaturated/α-hetero) is 1. The van der Waals surface area contributed by atoms with Gasteiger partial charge in [0, 0.05) is 16.1 Å². The molecular formula is C18H17N3O3S2. The van der Waals surface area contributed by atoms with E-state index < -0.39 is 10.0 Å². The first-order valence-electron chi connectivity index (χ1n) is 7.77. The van der Waals surface area contributed by atoms with Crippen LogP contribution in [0.3, 0.4) is 0 Å². The number of thiophene rings is 1. The second kappa shape index (κ2) is 7.27. The first-order chi connectivity index (χ1) is 12.3. The van der Waals surface area contributed by atoms with Gasteiger partial charge in [-0.1, -0.05) is 0 Å². The van der Waals surface area contributed by atoms with Crippen molar-refractivity contribution in [2.24, 2.45) is 0 Å². The van der Waals surface area contributed by atoms with Crippen LogP contribution < -0.4 is 10.0 Å². The number of hydrogen-bond donors (Lipinski definition) is 2. The van der Waals surface area contributed by atoms with Crippen molar-refractivity contribution in [3.05, 3.63) is 65.2 Å². The first-order valence-corrected chi connectivity index (χ1v) is 10.1. The average Bonchev–Trinajstić information content (AvgIpc) is 3.04. The van der Waals surface area contributed by atoms with Gasteiger partial charge in [0.25, 0.3) is 10.0 Å². The largest absolute Gasteiger partial charge is 0.340 e. The van der Waals surface area contributed by atoms with Crippen molar-refractivity contribution in [2.75, 3.05) is 10.0 Å². The maximum atomic E-state index is 12.3. The van der Waals surface area contributed by atoms with Gasteiger partial charge in [0.2, 0.25) is 0 Å². The van der Waals surface area contributed by atoms with Crippen LogP contribution >= 0.6 is 11.3 Å². The number of aromatic nitrogens is 1. The quantitative estimate of drug-likeness (QED) is 0.619. The third-order valence-electron chi connectivity index (χ3n) is 3.56. The van der Waals surface area contributed by atoms with Gasteiger partial charge in [-0.15, -0.1) is 11.3 Å². The van der Waals surface area contributed by atoms with Crippen molar-refractivity contribution in [1.29, 1.82) is 0 Å². The molecule has 8 heteroatoms. The lowest BCUT2D eigenvalue weighted by Crippen LogP contribution is -2.11. The van der Waals surface area contributed by atoms with Gasteiger partial charge in [-0.3, -0.25) is 9.52 Å². The van der Waals surface area contributed by atoms with E-state index in [1.54, 1.807) is 48.5 Å². The van der Waals surface area contributed by atoms with Crippen molar-refractivity contribution in [3.63, 3.8) is 0 Å². The molecule has 6 nitrogen and oxygen atoms in total. The van der Waals surface area contributed by atoms with E-state index in [9.17, 15) is 13.2 Å². The highest BCUT2D eigenvalue weighted by Crippen LogP contribution is 2.24. The fraction of sp³-hybridized carbons (Fsp3) is 0.111. The van der Waals surface area contributed by atoms with Crippen LogP contribution in [0.4, 0.5) is 17.2 Å². The number of rotatable bonds is 6. The zero-order chi connectivity index (χ0) is 18.7. The van der Waals surface area contributed by atoms with E-state index in [1.165, 1.54) is 24.5 Å². The lowest BCUT2D eigenvalue weighted by molar-refractivity contribution is 0.101. The average molecular weight is 387 g/mol. The van der Waals surface area contributed by atoms with Crippen LogP contribution in [-0.4, -0.2) is 19.2 Å². The van der Waals surface area contributed by atoms with E-state index in [1.807, 2.05) is 6.92 Å². The molecule has 2 aromatic heterocycles. The van der Waals surface area contributed by atoms with Crippen LogP contribution in [0.15, 0.2) is 58.9 Å². The Hall–Kier alpha value is -2.71. The topological polar surface area (TPSA) is 88.2 Å². The monoisotopic (exact) mass is 387 g/mol. The number of pyridine rings is 1. The van der Waals surface area contributed by atoms with Crippen molar-refractivity contribution in [1.82, 2.24) is 4.98 Å². The predicted molar refractivity (Wildman–Crippen MR) is 104 cm³/mol. The van der Waals surface area contributed by atoms with Gasteiger partial charge in [-0.05, 0) is 62.4 Å². The zero-order valence-electron chi connectivity index (χ0n) is 14.2. The highest BCUT2D eigenvalue weighted by Gasteiger charge is 2.16. The van der Waals surface area contributed by atoms with E-state index >= 15 is 0 Å². The number of sulfonamides is 1. The lowest BCUT2D eigenvalue weighted by Gasteiger charge is -2.09. The molecule has 0 unspecified atom stereocenters. The molecule has 0 aliphatic carbocycles. The molecule has 0 amide bonds. The van der Waals surface area contributed by atoms with Gasteiger partial charge in [0.1, 0.15) is 10.0 Å². The van der Waals surface area contributed by atoms with Crippen molar-refractivity contribution in [3.8, 4) is 0 Å². The van der Waals surface area contributed by atoms with Crippen LogP contribution in [-0.2, 0) is 10.0 Å². The highest BCUT2D eigenvalue weighted by atomic mass is 32.2. The molecule has 0 bridgehead atoms. The van der Waals surface area contributed by atoms with Crippen molar-refractivity contribution in [2.45, 2.75) is 18.1 Å². The normalized spacial score (nSPS) is 11.2. The van der Waals surface area contributed by atoms with Gasteiger partial charge in [0.15, 0.2) is 5.78 Å². The summed E-state index contributed by atoms with van der Waals surface area (Å²) in [5.74, 6) is 0.572. The summed E-state index contributed by atoms with van der Waals surface area (Å²) in [6.45, 7) is 3.37. The number of ketones is 1. The summed E-state index contributed by atoms with van der Waals surface area (Å²) < 4.78 is 27.4. The predicted octanol–water partition coefficient (Wildman–Crippen LogP) is 4.20. The van der Waals surface area contributed by atoms with Crippen LogP contribution in [0.1, 0.15) is 22.2 Å². The highest BCUT2D eigenvalue weighted by molar-refractivity contribution is 7.94. The third-order valence-corrected chi connectivity index (χ3v) is 6.43. The van der Waals surface area contributed by atoms with Gasteiger partial charge < -0.3 is 5.32 Å². The number of carbonyl (C=O) groups is 1. The Balaban J connectivity index is 1.69. The van der Waals surface area contributed by atoms with Gasteiger partial charge in [-0.2, -0.15) is 0 Å². The summed E-state index contributed by atoms with van der Waals surface area (Å²) in [5.41, 5.74) is 1.80. The molecule has 134 valence electrons. The third kappa shape index (κ3) is 4.27. The Kier molecular flexibility index (Phi) is 5.06. The van der Waals surface area contributed by atoms with Crippen LogP contribution in [0.5, 0.6) is 0 Å². The zero-order valence-corrected chi connectivity index (χ0v) is 15.8. The Bertz CT molecular complexity index is 1020. The first kappa shape index (κ1) is 18.1. The molecule has 0 saturated heterocycles. The fourth-order valence-electron chi connectivity index (χ4n) is 2.23. The maximum absolute atomic E-state index is 12.3. The van der Waals surface area contributed by atoms with Crippen LogP contribution in [0.2, 0.25) is 0 Å². The van der Waals surface area contributed by atoms with E-state index in [4.69, 9.17) is 0 Å². The SMILES string of the molecule is CC(=O)c1ccc(Nc2ccc(NS(=O)(=O)c3ccc(C)s3)cn2)cc1. The van der Waals surface area contributed by atoms with E-state index in [0.29, 0.717) is 17.1 Å². The Morgan fingerprint density at radius 3 is 2.23 bits per heavy atom. The summed E-state index contributed by atoms with van der Waals surface area (Å²) in [7, 11) is -3.60. The number of nitrogens with one attached hydrogen (secondary N) is 2. The van der Waals surface area contributed by atoms with Gasteiger partial charge in [-0.25, -0.2) is 13.4 Å². The number of aryl methyl sites for hydroxylation is 1. The molecular weight excluding hydrogens is 370 g/mol. The smallest absolute Gasteiger partial charge is 0.271 e. The Labute approximate surface area is 156 Å². The minimum Gasteiger partial charge on any atom is -0.340 e. The molecule has 2 heterocycles. The minimum atomic E-state index is -3.60. The molecule has 3 rings (SSSR count). The molecule has 0 aliphatic heterocycles. The van der Waals surface area contributed by atoms with E-state index in [-0.39, 0.29) is 9.99 Å². The van der Waals surface area contributed by atoms with E-state index in [2.05, 4.69) is 15.0 Å². The Morgan fingerprint density at radius 1 is 1.00 bits per heavy atom. The maximum Gasteiger partial charge on any atom is 0.271 e. The van der Waals surface area contributed by atoms with Crippen LogP contribution in [0.25, 0.3) is 0 Å². The number of hydrogen-bond acceptors (Lipinski definition) is 6. The summed E-state index contributed by atoms with van der Waals surface area (Å²) in [5, 5.41) is 3.10. The summed E-state index contributed by atoms with van der Waals surface area (Å²) in [4.78, 5) is 16.4. The van der Waals surface area contributed by atoms with Crippen molar-refractivity contribution >= 4 is 44.3 Å². The molecule has 1 aromatic carbocycles.